The van der Waals surface area contributed by atoms with Crippen molar-refractivity contribution in [1.29, 1.82) is 0 Å². The summed E-state index contributed by atoms with van der Waals surface area (Å²) < 4.78 is 5.00. The van der Waals surface area contributed by atoms with Gasteiger partial charge in [-0.05, 0) is 18.9 Å². The van der Waals surface area contributed by atoms with Gasteiger partial charge in [-0.1, -0.05) is 39.7 Å². The molecule has 0 aliphatic carbocycles. The van der Waals surface area contributed by atoms with E-state index in [2.05, 4.69) is 13.5 Å². The fraction of sp³-hybridized carbons (Fsp3) is 0.733. The van der Waals surface area contributed by atoms with Gasteiger partial charge < -0.3 is 9.64 Å². The first-order chi connectivity index (χ1) is 9.15. The smallest absolute Gasteiger partial charge is 0.307 e. The minimum absolute atomic E-state index is 0.111. The van der Waals surface area contributed by atoms with Crippen LogP contribution in [-0.4, -0.2) is 36.5 Å². The molecule has 0 unspecified atom stereocenters. The number of esters is 1. The summed E-state index contributed by atoms with van der Waals surface area (Å²) >= 11 is 0. The molecule has 0 N–H and O–H groups in total. The van der Waals surface area contributed by atoms with Gasteiger partial charge in [-0.3, -0.25) is 9.59 Å². The van der Waals surface area contributed by atoms with Gasteiger partial charge in [-0.25, -0.2) is 0 Å². The van der Waals surface area contributed by atoms with Crippen molar-refractivity contribution < 1.29 is 14.3 Å². The first-order valence-electron chi connectivity index (χ1n) is 7.22. The maximum atomic E-state index is 11.7. The van der Waals surface area contributed by atoms with Crippen LogP contribution in [0, 0.1) is 0 Å². The lowest BCUT2D eigenvalue weighted by molar-refractivity contribution is -0.144. The van der Waals surface area contributed by atoms with Crippen LogP contribution in [0.3, 0.4) is 0 Å². The van der Waals surface area contributed by atoms with Gasteiger partial charge in [-0.15, -0.1) is 0 Å². The largest absolute Gasteiger partial charge is 0.466 e. The minimum atomic E-state index is -0.239. The quantitative estimate of drug-likeness (QED) is 0.329. The standard InChI is InChI=1S/C15H27NO3/c1-4-7-8-9-11-16(14(17)6-3)12-10-15(18)19-13-5-2/h6H,3-5,7-13H2,1-2H3. The average molecular weight is 269 g/mol. The van der Waals surface area contributed by atoms with Crippen LogP contribution < -0.4 is 0 Å². The van der Waals surface area contributed by atoms with Crippen LogP contribution in [0.15, 0.2) is 12.7 Å². The van der Waals surface area contributed by atoms with Crippen molar-refractivity contribution in [2.45, 2.75) is 52.4 Å². The van der Waals surface area contributed by atoms with E-state index in [-0.39, 0.29) is 18.3 Å². The molecule has 0 bridgehead atoms. The Hall–Kier alpha value is -1.32. The molecule has 0 atom stereocenters. The van der Waals surface area contributed by atoms with Crippen LogP contribution in [0.5, 0.6) is 0 Å². The van der Waals surface area contributed by atoms with Crippen LogP contribution in [0.4, 0.5) is 0 Å². The van der Waals surface area contributed by atoms with Crippen LogP contribution >= 0.6 is 0 Å². The van der Waals surface area contributed by atoms with E-state index < -0.39 is 0 Å². The highest BCUT2D eigenvalue weighted by atomic mass is 16.5. The molecule has 19 heavy (non-hydrogen) atoms. The summed E-state index contributed by atoms with van der Waals surface area (Å²) in [7, 11) is 0. The molecule has 4 nitrogen and oxygen atoms in total. The van der Waals surface area contributed by atoms with Crippen molar-refractivity contribution in [2.24, 2.45) is 0 Å². The van der Waals surface area contributed by atoms with Gasteiger partial charge in [0.15, 0.2) is 0 Å². The second kappa shape index (κ2) is 11.8. The van der Waals surface area contributed by atoms with Crippen LogP contribution in [0.2, 0.25) is 0 Å². The first-order valence-corrected chi connectivity index (χ1v) is 7.22. The molecule has 0 heterocycles. The van der Waals surface area contributed by atoms with Gasteiger partial charge >= 0.3 is 5.97 Å². The Bertz CT molecular complexity index is 277. The highest BCUT2D eigenvalue weighted by molar-refractivity contribution is 5.87. The monoisotopic (exact) mass is 269 g/mol. The minimum Gasteiger partial charge on any atom is -0.466 e. The van der Waals surface area contributed by atoms with Crippen molar-refractivity contribution in [2.75, 3.05) is 19.7 Å². The van der Waals surface area contributed by atoms with Gasteiger partial charge in [0.2, 0.25) is 5.91 Å². The maximum Gasteiger partial charge on any atom is 0.307 e. The van der Waals surface area contributed by atoms with E-state index in [1.807, 2.05) is 6.92 Å². The number of ether oxygens (including phenoxy) is 1. The number of unbranched alkanes of at least 4 members (excludes halogenated alkanes) is 3. The lowest BCUT2D eigenvalue weighted by Crippen LogP contribution is -2.32. The summed E-state index contributed by atoms with van der Waals surface area (Å²) in [6.07, 6.45) is 6.80. The Labute approximate surface area is 116 Å². The van der Waals surface area contributed by atoms with Crippen LogP contribution in [-0.2, 0) is 14.3 Å². The topological polar surface area (TPSA) is 46.6 Å². The lowest BCUT2D eigenvalue weighted by Gasteiger charge is -2.20. The number of nitrogens with zero attached hydrogens (tertiary/aromatic N) is 1. The maximum absolute atomic E-state index is 11.7. The molecule has 0 saturated carbocycles. The highest BCUT2D eigenvalue weighted by Gasteiger charge is 2.12. The first kappa shape index (κ1) is 17.7. The third-order valence-corrected chi connectivity index (χ3v) is 2.82. The zero-order valence-electron chi connectivity index (χ0n) is 12.3. The van der Waals surface area contributed by atoms with Gasteiger partial charge in [0.25, 0.3) is 0 Å². The summed E-state index contributed by atoms with van der Waals surface area (Å²) in [5, 5.41) is 0. The number of rotatable bonds is 11. The van der Waals surface area contributed by atoms with Gasteiger partial charge in [0, 0.05) is 13.1 Å². The van der Waals surface area contributed by atoms with Crippen molar-refractivity contribution in [3.63, 3.8) is 0 Å². The molecule has 0 aliphatic heterocycles. The summed E-state index contributed by atoms with van der Waals surface area (Å²) in [5.74, 6) is -0.350. The molecule has 0 aliphatic rings. The molecule has 0 saturated heterocycles. The Kier molecular flexibility index (Phi) is 10.9. The third-order valence-electron chi connectivity index (χ3n) is 2.82. The van der Waals surface area contributed by atoms with E-state index in [4.69, 9.17) is 4.74 Å². The third kappa shape index (κ3) is 9.28. The molecule has 0 aromatic heterocycles. The molecule has 4 heteroatoms. The molecular weight excluding hydrogens is 242 g/mol. The van der Waals surface area contributed by atoms with Gasteiger partial charge in [0.05, 0.1) is 13.0 Å². The fourth-order valence-electron chi connectivity index (χ4n) is 1.71. The Morgan fingerprint density at radius 2 is 1.84 bits per heavy atom. The molecule has 0 spiro atoms. The Balaban J connectivity index is 4.02. The molecule has 1 amide bonds. The zero-order chi connectivity index (χ0) is 14.5. The van der Waals surface area contributed by atoms with Crippen molar-refractivity contribution in [3.8, 4) is 0 Å². The lowest BCUT2D eigenvalue weighted by atomic mass is 10.2. The molecular formula is C15H27NO3. The number of carbonyl (C=O) groups is 2. The number of hydrogen-bond donors (Lipinski definition) is 0. The van der Waals surface area contributed by atoms with Gasteiger partial charge in [0.1, 0.15) is 0 Å². The summed E-state index contributed by atoms with van der Waals surface area (Å²) in [6.45, 7) is 9.15. The van der Waals surface area contributed by atoms with Crippen LogP contribution in [0.25, 0.3) is 0 Å². The van der Waals surface area contributed by atoms with Gasteiger partial charge in [-0.2, -0.15) is 0 Å². The van der Waals surface area contributed by atoms with Crippen molar-refractivity contribution in [1.82, 2.24) is 4.90 Å². The van der Waals surface area contributed by atoms with Crippen molar-refractivity contribution >= 4 is 11.9 Å². The fourth-order valence-corrected chi connectivity index (χ4v) is 1.71. The van der Waals surface area contributed by atoms with E-state index in [1.54, 1.807) is 4.90 Å². The van der Waals surface area contributed by atoms with Crippen molar-refractivity contribution in [3.05, 3.63) is 12.7 Å². The summed E-state index contributed by atoms with van der Waals surface area (Å²) in [5.41, 5.74) is 0. The number of carbonyl (C=O) groups excluding carboxylic acids is 2. The Morgan fingerprint density at radius 3 is 2.42 bits per heavy atom. The number of amides is 1. The van der Waals surface area contributed by atoms with E-state index >= 15 is 0 Å². The summed E-state index contributed by atoms with van der Waals surface area (Å²) in [6, 6.07) is 0. The van der Waals surface area contributed by atoms with E-state index in [0.29, 0.717) is 19.7 Å². The predicted octanol–water partition coefficient (Wildman–Crippen LogP) is 2.92. The van der Waals surface area contributed by atoms with E-state index in [0.717, 1.165) is 19.3 Å². The normalized spacial score (nSPS) is 10.0. The molecule has 0 fully saturated rings. The molecule has 0 aromatic carbocycles. The number of hydrogen-bond acceptors (Lipinski definition) is 3. The highest BCUT2D eigenvalue weighted by Crippen LogP contribution is 2.04. The Morgan fingerprint density at radius 1 is 1.11 bits per heavy atom. The van der Waals surface area contributed by atoms with Crippen LogP contribution in [0.1, 0.15) is 52.4 Å². The molecule has 0 rings (SSSR count). The second-order valence-corrected chi connectivity index (χ2v) is 4.56. The van der Waals surface area contributed by atoms with E-state index in [9.17, 15) is 9.59 Å². The van der Waals surface area contributed by atoms with E-state index in [1.165, 1.54) is 18.9 Å². The zero-order valence-corrected chi connectivity index (χ0v) is 12.3. The average Bonchev–Trinajstić information content (AvgIpc) is 2.43. The second-order valence-electron chi connectivity index (χ2n) is 4.56. The SMILES string of the molecule is C=CC(=O)N(CCCCCC)CCC(=O)OCCC. The molecule has 0 aromatic rings. The molecule has 110 valence electrons. The molecule has 0 radical (unpaired) electrons. The summed E-state index contributed by atoms with van der Waals surface area (Å²) in [4.78, 5) is 24.7. The predicted molar refractivity (Wildman–Crippen MR) is 76.8 cm³/mol.